The average Bonchev–Trinajstić information content (AvgIpc) is 2.72. The van der Waals surface area contributed by atoms with Crippen LogP contribution in [0, 0.1) is 16.7 Å². The summed E-state index contributed by atoms with van der Waals surface area (Å²) in [4.78, 5) is 1.35. The molecule has 0 aromatic carbocycles. The Morgan fingerprint density at radius 3 is 2.80 bits per heavy atom. The highest BCUT2D eigenvalue weighted by molar-refractivity contribution is 7.10. The lowest BCUT2D eigenvalue weighted by Crippen LogP contribution is -2.30. The molecule has 0 fully saturated rings. The van der Waals surface area contributed by atoms with E-state index >= 15 is 0 Å². The van der Waals surface area contributed by atoms with Crippen molar-refractivity contribution in [3.8, 4) is 6.07 Å². The number of nitrogens with zero attached hydrogens (tertiary/aromatic N) is 1. The van der Waals surface area contributed by atoms with Crippen LogP contribution in [0.1, 0.15) is 38.1 Å². The number of rotatable bonds is 5. The van der Waals surface area contributed by atoms with Gasteiger partial charge in [0, 0.05) is 17.5 Å². The molecule has 1 atom stereocenters. The topological polar surface area (TPSA) is 35.8 Å². The van der Waals surface area contributed by atoms with E-state index in [0.717, 1.165) is 13.0 Å². The van der Waals surface area contributed by atoms with Crippen molar-refractivity contribution in [3.63, 3.8) is 0 Å². The third kappa shape index (κ3) is 3.65. The van der Waals surface area contributed by atoms with Gasteiger partial charge in [-0.25, -0.2) is 0 Å². The Balaban J connectivity index is 2.53. The van der Waals surface area contributed by atoms with E-state index in [4.69, 9.17) is 5.26 Å². The second kappa shape index (κ2) is 5.29. The lowest BCUT2D eigenvalue weighted by Gasteiger charge is -2.21. The molecule has 0 saturated heterocycles. The normalized spacial score (nSPS) is 13.5. The van der Waals surface area contributed by atoms with Crippen LogP contribution in [0.5, 0.6) is 0 Å². The van der Waals surface area contributed by atoms with Gasteiger partial charge in [0.1, 0.15) is 0 Å². The molecular weight excluding hydrogens is 204 g/mol. The largest absolute Gasteiger partial charge is 0.308 e. The molecule has 0 saturated carbocycles. The first-order valence-electron chi connectivity index (χ1n) is 5.27. The molecule has 82 valence electrons. The highest BCUT2D eigenvalue weighted by atomic mass is 32.1. The summed E-state index contributed by atoms with van der Waals surface area (Å²) >= 11 is 1.77. The molecule has 0 radical (unpaired) electrons. The molecule has 15 heavy (non-hydrogen) atoms. The molecule has 1 heterocycles. The fraction of sp³-hybridized carbons (Fsp3) is 0.583. The van der Waals surface area contributed by atoms with Gasteiger partial charge in [0.25, 0.3) is 0 Å². The van der Waals surface area contributed by atoms with Crippen LogP contribution in [0.4, 0.5) is 0 Å². The first-order valence-corrected chi connectivity index (χ1v) is 6.15. The molecule has 1 aromatic heterocycles. The molecular formula is C12H18N2S. The van der Waals surface area contributed by atoms with Gasteiger partial charge in [-0.15, -0.1) is 11.3 Å². The summed E-state index contributed by atoms with van der Waals surface area (Å²) in [5.41, 5.74) is -0.287. The summed E-state index contributed by atoms with van der Waals surface area (Å²) in [5.74, 6) is 0. The Kier molecular flexibility index (Phi) is 4.31. The van der Waals surface area contributed by atoms with Crippen LogP contribution in [0.25, 0.3) is 0 Å². The zero-order chi connectivity index (χ0) is 11.3. The van der Waals surface area contributed by atoms with Crippen molar-refractivity contribution in [3.05, 3.63) is 22.4 Å². The van der Waals surface area contributed by atoms with E-state index < -0.39 is 0 Å². The Hall–Kier alpha value is -0.850. The molecule has 0 aliphatic carbocycles. The zero-order valence-electron chi connectivity index (χ0n) is 9.58. The van der Waals surface area contributed by atoms with E-state index in [-0.39, 0.29) is 5.41 Å². The van der Waals surface area contributed by atoms with E-state index in [1.807, 2.05) is 13.8 Å². The Bertz CT molecular complexity index is 322. The molecule has 1 rings (SSSR count). The van der Waals surface area contributed by atoms with Crippen LogP contribution in [-0.2, 0) is 0 Å². The maximum absolute atomic E-state index is 8.92. The van der Waals surface area contributed by atoms with Crippen molar-refractivity contribution in [1.29, 1.82) is 5.26 Å². The molecule has 0 aliphatic heterocycles. The van der Waals surface area contributed by atoms with Gasteiger partial charge < -0.3 is 5.32 Å². The fourth-order valence-corrected chi connectivity index (χ4v) is 2.24. The number of hydrogen-bond donors (Lipinski definition) is 1. The van der Waals surface area contributed by atoms with Crippen LogP contribution in [0.3, 0.4) is 0 Å². The zero-order valence-corrected chi connectivity index (χ0v) is 10.4. The highest BCUT2D eigenvalue weighted by Gasteiger charge is 2.19. The average molecular weight is 222 g/mol. The van der Waals surface area contributed by atoms with Gasteiger partial charge in [-0.2, -0.15) is 5.26 Å². The SMILES string of the molecule is CCC(NCC(C)(C)C#N)c1cccs1. The summed E-state index contributed by atoms with van der Waals surface area (Å²) in [5, 5.41) is 14.5. The quantitative estimate of drug-likeness (QED) is 0.829. The van der Waals surface area contributed by atoms with Crippen molar-refractivity contribution >= 4 is 11.3 Å². The van der Waals surface area contributed by atoms with Crippen LogP contribution < -0.4 is 5.32 Å². The monoisotopic (exact) mass is 222 g/mol. The first kappa shape index (κ1) is 12.2. The summed E-state index contributed by atoms with van der Waals surface area (Å²) in [7, 11) is 0. The molecule has 1 aromatic rings. The van der Waals surface area contributed by atoms with Crippen LogP contribution in [0.15, 0.2) is 17.5 Å². The lowest BCUT2D eigenvalue weighted by molar-refractivity contribution is 0.401. The van der Waals surface area contributed by atoms with E-state index in [0.29, 0.717) is 6.04 Å². The van der Waals surface area contributed by atoms with E-state index in [9.17, 15) is 0 Å². The van der Waals surface area contributed by atoms with Gasteiger partial charge in [0.2, 0.25) is 0 Å². The van der Waals surface area contributed by atoms with Crippen molar-refractivity contribution < 1.29 is 0 Å². The van der Waals surface area contributed by atoms with Crippen LogP contribution in [0.2, 0.25) is 0 Å². The second-order valence-electron chi connectivity index (χ2n) is 4.35. The Morgan fingerprint density at radius 2 is 2.33 bits per heavy atom. The molecule has 0 bridgehead atoms. The van der Waals surface area contributed by atoms with Crippen molar-refractivity contribution in [2.24, 2.45) is 5.41 Å². The third-order valence-corrected chi connectivity index (χ3v) is 3.37. The van der Waals surface area contributed by atoms with Gasteiger partial charge in [0.05, 0.1) is 11.5 Å². The standard InChI is InChI=1S/C12H18N2S/c1-4-10(11-6-5-7-15-11)14-9-12(2,3)8-13/h5-7,10,14H,4,9H2,1-3H3. The molecule has 0 amide bonds. The van der Waals surface area contributed by atoms with Crippen molar-refractivity contribution in [1.82, 2.24) is 5.32 Å². The number of hydrogen-bond acceptors (Lipinski definition) is 3. The number of thiophene rings is 1. The van der Waals surface area contributed by atoms with E-state index in [2.05, 4.69) is 35.8 Å². The molecule has 3 heteroatoms. The van der Waals surface area contributed by atoms with Crippen molar-refractivity contribution in [2.75, 3.05) is 6.54 Å². The molecule has 1 N–H and O–H groups in total. The minimum atomic E-state index is -0.287. The summed E-state index contributed by atoms with van der Waals surface area (Å²) in [6.45, 7) is 6.82. The lowest BCUT2D eigenvalue weighted by atomic mass is 9.95. The van der Waals surface area contributed by atoms with Gasteiger partial charge >= 0.3 is 0 Å². The van der Waals surface area contributed by atoms with E-state index in [1.54, 1.807) is 11.3 Å². The van der Waals surface area contributed by atoms with Crippen LogP contribution in [-0.4, -0.2) is 6.54 Å². The van der Waals surface area contributed by atoms with Gasteiger partial charge in [-0.3, -0.25) is 0 Å². The fourth-order valence-electron chi connectivity index (χ4n) is 1.35. The maximum atomic E-state index is 8.92. The summed E-state index contributed by atoms with van der Waals surface area (Å²) < 4.78 is 0. The first-order chi connectivity index (χ1) is 7.09. The summed E-state index contributed by atoms with van der Waals surface area (Å²) in [6.07, 6.45) is 1.06. The summed E-state index contributed by atoms with van der Waals surface area (Å²) in [6, 6.07) is 6.91. The third-order valence-electron chi connectivity index (χ3n) is 2.39. The smallest absolute Gasteiger partial charge is 0.0697 e. The number of nitrogens with one attached hydrogen (secondary N) is 1. The second-order valence-corrected chi connectivity index (χ2v) is 5.33. The maximum Gasteiger partial charge on any atom is 0.0697 e. The molecule has 1 unspecified atom stereocenters. The highest BCUT2D eigenvalue weighted by Crippen LogP contribution is 2.23. The number of nitriles is 1. The van der Waals surface area contributed by atoms with Gasteiger partial charge in [0.15, 0.2) is 0 Å². The van der Waals surface area contributed by atoms with Crippen LogP contribution >= 0.6 is 11.3 Å². The van der Waals surface area contributed by atoms with Crippen molar-refractivity contribution in [2.45, 2.75) is 33.2 Å². The Morgan fingerprint density at radius 1 is 1.60 bits per heavy atom. The van der Waals surface area contributed by atoms with Gasteiger partial charge in [-0.1, -0.05) is 13.0 Å². The molecule has 0 aliphatic rings. The minimum Gasteiger partial charge on any atom is -0.308 e. The molecule has 0 spiro atoms. The predicted molar refractivity (Wildman–Crippen MR) is 64.7 cm³/mol. The minimum absolute atomic E-state index is 0.287. The molecule has 2 nitrogen and oxygen atoms in total. The van der Waals surface area contributed by atoms with Gasteiger partial charge in [-0.05, 0) is 31.7 Å². The van der Waals surface area contributed by atoms with E-state index in [1.165, 1.54) is 4.88 Å². The Labute approximate surface area is 95.9 Å². The predicted octanol–water partition coefficient (Wildman–Crippen LogP) is 3.34.